The zero-order valence-corrected chi connectivity index (χ0v) is 12.1. The first-order chi connectivity index (χ1) is 9.56. The molecule has 0 spiro atoms. The topological polar surface area (TPSA) is 96.6 Å². The van der Waals surface area contributed by atoms with Crippen LogP contribution in [0.25, 0.3) is 0 Å². The maximum absolute atomic E-state index is 11.5. The number of benzene rings is 1. The lowest BCUT2D eigenvalue weighted by atomic mass is 10.1. The maximum Gasteiger partial charge on any atom is 0.230 e. The Hall–Kier alpha value is -2.02. The van der Waals surface area contributed by atoms with Crippen molar-refractivity contribution in [2.45, 2.75) is 19.4 Å². The summed E-state index contributed by atoms with van der Waals surface area (Å²) in [5.74, 6) is 0.0150. The van der Waals surface area contributed by atoms with E-state index in [-0.39, 0.29) is 24.7 Å². The summed E-state index contributed by atoms with van der Waals surface area (Å²) in [5, 5.41) is 2.74. The molecule has 0 aliphatic heterocycles. The molecule has 1 rings (SSSR count). The summed E-state index contributed by atoms with van der Waals surface area (Å²) in [6, 6.07) is 7.43. The van der Waals surface area contributed by atoms with E-state index >= 15 is 0 Å². The number of nitrogens with two attached hydrogens (primary N) is 1. The van der Waals surface area contributed by atoms with Crippen molar-refractivity contribution in [3.8, 4) is 0 Å². The van der Waals surface area contributed by atoms with Gasteiger partial charge in [0.05, 0.1) is 0 Å². The molecule has 0 fully saturated rings. The van der Waals surface area contributed by atoms with Gasteiger partial charge >= 0.3 is 0 Å². The molecule has 0 aliphatic carbocycles. The molecule has 0 atom stereocenters. The van der Waals surface area contributed by atoms with Crippen molar-refractivity contribution in [2.75, 3.05) is 7.05 Å². The Morgan fingerprint density at radius 1 is 1.20 bits per heavy atom. The third kappa shape index (κ3) is 5.31. The number of amides is 2. The summed E-state index contributed by atoms with van der Waals surface area (Å²) in [6.07, 6.45) is 0.262. The van der Waals surface area contributed by atoms with E-state index in [0.717, 1.165) is 11.1 Å². The highest BCUT2D eigenvalue weighted by Gasteiger charge is 2.05. The normalized spacial score (nSPS) is 11.0. The summed E-state index contributed by atoms with van der Waals surface area (Å²) in [6.45, 7) is 0.408. The van der Waals surface area contributed by atoms with Crippen LogP contribution in [0, 0.1) is 0 Å². The van der Waals surface area contributed by atoms with Crippen molar-refractivity contribution in [3.63, 3.8) is 0 Å². The molecule has 1 aromatic carbocycles. The molecule has 6 nitrogen and oxygen atoms in total. The van der Waals surface area contributed by atoms with Crippen LogP contribution in [-0.2, 0) is 16.1 Å². The van der Waals surface area contributed by atoms with Gasteiger partial charge in [0.2, 0.25) is 11.8 Å². The number of thiol groups is 1. The summed E-state index contributed by atoms with van der Waals surface area (Å²) < 4.78 is 2.17. The van der Waals surface area contributed by atoms with Gasteiger partial charge in [-0.05, 0) is 5.56 Å². The van der Waals surface area contributed by atoms with Crippen LogP contribution < -0.4 is 15.8 Å². The molecule has 4 N–H and O–H groups in total. The second kappa shape index (κ2) is 8.21. The largest absolute Gasteiger partial charge is 0.384 e. The van der Waals surface area contributed by atoms with Crippen molar-refractivity contribution in [1.82, 2.24) is 10.0 Å². The number of carbonyl (C=O) groups is 2. The highest BCUT2D eigenvalue weighted by molar-refractivity contribution is 7.78. The summed E-state index contributed by atoms with van der Waals surface area (Å²) in [4.78, 5) is 26.3. The number of amidine groups is 1. The molecule has 0 radical (unpaired) electrons. The molecule has 0 aliphatic rings. The van der Waals surface area contributed by atoms with Gasteiger partial charge in [-0.3, -0.25) is 14.6 Å². The molecule has 0 bridgehead atoms. The standard InChI is InChI=1S/C13H18N4O2S/c1-15-13(14)10-4-2-9(3-5-10)8-16-11(18)6-7-12(19)17-20/h2-5,20H,6-8H2,1H3,(H2,14,15)(H,16,18)(H,17,19). The summed E-state index contributed by atoms with van der Waals surface area (Å²) in [5.41, 5.74) is 7.47. The Morgan fingerprint density at radius 3 is 2.35 bits per heavy atom. The average Bonchev–Trinajstić information content (AvgIpc) is 2.50. The lowest BCUT2D eigenvalue weighted by Crippen LogP contribution is -2.24. The van der Waals surface area contributed by atoms with Crippen LogP contribution in [0.1, 0.15) is 24.0 Å². The predicted octanol–water partition coefficient (Wildman–Crippen LogP) is 0.379. The number of carbonyl (C=O) groups excluding carboxylic acids is 2. The van der Waals surface area contributed by atoms with Crippen LogP contribution in [0.15, 0.2) is 29.3 Å². The molecule has 2 amide bonds. The number of nitrogens with one attached hydrogen (secondary N) is 2. The van der Waals surface area contributed by atoms with Crippen molar-refractivity contribution in [2.24, 2.45) is 10.7 Å². The van der Waals surface area contributed by atoms with Crippen molar-refractivity contribution >= 4 is 30.5 Å². The number of rotatable bonds is 6. The van der Waals surface area contributed by atoms with Crippen LogP contribution >= 0.6 is 12.8 Å². The summed E-state index contributed by atoms with van der Waals surface area (Å²) in [7, 11) is 1.63. The number of hydrogen-bond donors (Lipinski definition) is 4. The third-order valence-corrected chi connectivity index (χ3v) is 2.93. The molecule has 0 heterocycles. The van der Waals surface area contributed by atoms with Crippen LogP contribution in [-0.4, -0.2) is 24.7 Å². The monoisotopic (exact) mass is 294 g/mol. The van der Waals surface area contributed by atoms with Gasteiger partial charge in [-0.1, -0.05) is 37.1 Å². The van der Waals surface area contributed by atoms with E-state index < -0.39 is 0 Å². The number of hydrogen-bond acceptors (Lipinski definition) is 4. The van der Waals surface area contributed by atoms with Crippen LogP contribution in [0.5, 0.6) is 0 Å². The predicted molar refractivity (Wildman–Crippen MR) is 81.3 cm³/mol. The van der Waals surface area contributed by atoms with E-state index in [9.17, 15) is 9.59 Å². The Bertz CT molecular complexity index is 500. The van der Waals surface area contributed by atoms with E-state index in [1.165, 1.54) is 0 Å². The second-order valence-corrected chi connectivity index (χ2v) is 4.34. The first-order valence-electron chi connectivity index (χ1n) is 6.08. The van der Waals surface area contributed by atoms with Gasteiger partial charge in [-0.2, -0.15) is 0 Å². The van der Waals surface area contributed by atoms with Gasteiger partial charge < -0.3 is 15.8 Å². The molecular formula is C13H18N4O2S. The molecule has 0 saturated carbocycles. The van der Waals surface area contributed by atoms with Gasteiger partial charge in [0.1, 0.15) is 5.84 Å². The molecule has 108 valence electrons. The fourth-order valence-electron chi connectivity index (χ4n) is 1.49. The van der Waals surface area contributed by atoms with Crippen LogP contribution in [0.4, 0.5) is 0 Å². The molecule has 20 heavy (non-hydrogen) atoms. The quantitative estimate of drug-likeness (QED) is 0.347. The zero-order chi connectivity index (χ0) is 15.0. The highest BCUT2D eigenvalue weighted by atomic mass is 32.1. The van der Waals surface area contributed by atoms with Gasteiger partial charge in [-0.15, -0.1) is 0 Å². The zero-order valence-electron chi connectivity index (χ0n) is 11.2. The number of nitrogens with zero attached hydrogens (tertiary/aromatic N) is 1. The second-order valence-electron chi connectivity index (χ2n) is 4.12. The van der Waals surface area contributed by atoms with Crippen LogP contribution in [0.3, 0.4) is 0 Å². The summed E-state index contributed by atoms with van der Waals surface area (Å²) >= 11 is 3.61. The molecule has 7 heteroatoms. The van der Waals surface area contributed by atoms with E-state index in [1.807, 2.05) is 24.3 Å². The smallest absolute Gasteiger partial charge is 0.230 e. The van der Waals surface area contributed by atoms with Gasteiger partial charge in [0.25, 0.3) is 0 Å². The Labute approximate surface area is 123 Å². The lowest BCUT2D eigenvalue weighted by molar-refractivity contribution is -0.125. The SMILES string of the molecule is CN=C(N)c1ccc(CNC(=O)CCC(=O)NS)cc1. The Morgan fingerprint density at radius 2 is 1.80 bits per heavy atom. The average molecular weight is 294 g/mol. The maximum atomic E-state index is 11.5. The Kier molecular flexibility index (Phi) is 6.58. The van der Waals surface area contributed by atoms with Gasteiger partial charge in [0, 0.05) is 32.0 Å². The fraction of sp³-hybridized carbons (Fsp3) is 0.308. The molecular weight excluding hydrogens is 276 g/mol. The van der Waals surface area contributed by atoms with E-state index in [4.69, 9.17) is 5.73 Å². The minimum Gasteiger partial charge on any atom is -0.384 e. The van der Waals surface area contributed by atoms with E-state index in [1.54, 1.807) is 7.05 Å². The minimum absolute atomic E-state index is 0.123. The van der Waals surface area contributed by atoms with Crippen LogP contribution in [0.2, 0.25) is 0 Å². The van der Waals surface area contributed by atoms with E-state index in [0.29, 0.717) is 12.4 Å². The molecule has 0 unspecified atom stereocenters. The third-order valence-electron chi connectivity index (χ3n) is 2.68. The first-order valence-corrected chi connectivity index (χ1v) is 6.52. The first kappa shape index (κ1) is 16.0. The highest BCUT2D eigenvalue weighted by Crippen LogP contribution is 2.04. The minimum atomic E-state index is -0.276. The number of aliphatic imine (C=N–C) groups is 1. The Balaban J connectivity index is 2.42. The van der Waals surface area contributed by atoms with Crippen molar-refractivity contribution in [1.29, 1.82) is 0 Å². The molecule has 0 aromatic heterocycles. The van der Waals surface area contributed by atoms with E-state index in [2.05, 4.69) is 27.8 Å². The fourth-order valence-corrected chi connectivity index (χ4v) is 1.61. The van der Waals surface area contributed by atoms with Crippen molar-refractivity contribution in [3.05, 3.63) is 35.4 Å². The molecule has 0 saturated heterocycles. The van der Waals surface area contributed by atoms with Crippen molar-refractivity contribution < 1.29 is 9.59 Å². The van der Waals surface area contributed by atoms with Gasteiger partial charge in [-0.25, -0.2) is 0 Å². The lowest BCUT2D eigenvalue weighted by Gasteiger charge is -2.06. The van der Waals surface area contributed by atoms with Gasteiger partial charge in [0.15, 0.2) is 0 Å². The molecule has 1 aromatic rings.